The van der Waals surface area contributed by atoms with Crippen LogP contribution in [0.4, 0.5) is 0 Å². The highest BCUT2D eigenvalue weighted by molar-refractivity contribution is 6.00. The summed E-state index contributed by atoms with van der Waals surface area (Å²) in [5.74, 6) is 0.857. The molecular weight excluding hydrogens is 442 g/mol. The summed E-state index contributed by atoms with van der Waals surface area (Å²) < 4.78 is 11.6. The number of fused-ring (bicyclic) bond motifs is 1. The Bertz CT molecular complexity index is 1120. The molecular formula is C28H35N3O4. The third kappa shape index (κ3) is 5.51. The molecule has 2 heterocycles. The number of nitrogens with one attached hydrogen (secondary N) is 1. The van der Waals surface area contributed by atoms with Crippen molar-refractivity contribution < 1.29 is 19.4 Å². The lowest BCUT2D eigenvalue weighted by molar-refractivity contribution is 0.0601. The predicted molar refractivity (Wildman–Crippen MR) is 136 cm³/mol. The van der Waals surface area contributed by atoms with E-state index in [1.165, 1.54) is 0 Å². The minimum absolute atomic E-state index is 0.0939. The first kappa shape index (κ1) is 24.8. The molecule has 0 radical (unpaired) electrons. The molecule has 2 aromatic carbocycles. The largest absolute Gasteiger partial charge is 0.507 e. The highest BCUT2D eigenvalue weighted by Gasteiger charge is 2.42. The highest BCUT2D eigenvalue weighted by atomic mass is 16.5. The summed E-state index contributed by atoms with van der Waals surface area (Å²) in [4.78, 5) is 15.3. The van der Waals surface area contributed by atoms with E-state index in [0.29, 0.717) is 36.7 Å². The van der Waals surface area contributed by atoms with E-state index in [9.17, 15) is 9.90 Å². The molecule has 1 amide bonds. The number of carbonyl (C=O) groups is 1. The Morgan fingerprint density at radius 2 is 1.83 bits per heavy atom. The van der Waals surface area contributed by atoms with Crippen LogP contribution in [0.3, 0.4) is 0 Å². The number of unbranched alkanes of at least 4 members (excludes halogenated alkanes) is 2. The van der Waals surface area contributed by atoms with E-state index in [4.69, 9.17) is 9.47 Å². The summed E-state index contributed by atoms with van der Waals surface area (Å²) in [5.41, 5.74) is 3.43. The lowest BCUT2D eigenvalue weighted by Gasteiger charge is -2.26. The second kappa shape index (κ2) is 11.4. The fourth-order valence-corrected chi connectivity index (χ4v) is 4.50. The van der Waals surface area contributed by atoms with Gasteiger partial charge >= 0.3 is 0 Å². The van der Waals surface area contributed by atoms with E-state index in [1.54, 1.807) is 12.1 Å². The maximum absolute atomic E-state index is 13.4. The van der Waals surface area contributed by atoms with Crippen molar-refractivity contribution in [3.8, 4) is 22.8 Å². The van der Waals surface area contributed by atoms with Gasteiger partial charge in [0.2, 0.25) is 0 Å². The van der Waals surface area contributed by atoms with Gasteiger partial charge in [0.1, 0.15) is 22.9 Å². The van der Waals surface area contributed by atoms with E-state index in [1.807, 2.05) is 55.1 Å². The Kier molecular flexibility index (Phi) is 8.08. The van der Waals surface area contributed by atoms with Gasteiger partial charge in [-0.3, -0.25) is 9.89 Å². The van der Waals surface area contributed by atoms with Crippen molar-refractivity contribution in [1.29, 1.82) is 0 Å². The van der Waals surface area contributed by atoms with Gasteiger partial charge in [-0.25, -0.2) is 0 Å². The maximum Gasteiger partial charge on any atom is 0.273 e. The van der Waals surface area contributed by atoms with Crippen LogP contribution in [0.1, 0.15) is 74.1 Å². The molecule has 0 saturated carbocycles. The van der Waals surface area contributed by atoms with Gasteiger partial charge in [-0.1, -0.05) is 44.0 Å². The van der Waals surface area contributed by atoms with E-state index >= 15 is 0 Å². The molecule has 1 atom stereocenters. The number of H-pyrrole nitrogens is 1. The first-order valence-corrected chi connectivity index (χ1v) is 12.5. The summed E-state index contributed by atoms with van der Waals surface area (Å²) in [7, 11) is 0. The van der Waals surface area contributed by atoms with Gasteiger partial charge in [0, 0.05) is 24.3 Å². The smallest absolute Gasteiger partial charge is 0.273 e. The molecule has 4 rings (SSSR count). The Morgan fingerprint density at radius 3 is 2.54 bits per heavy atom. The molecule has 186 valence electrons. The fourth-order valence-electron chi connectivity index (χ4n) is 4.50. The van der Waals surface area contributed by atoms with Crippen LogP contribution in [0.2, 0.25) is 0 Å². The number of hydrogen-bond donors (Lipinski definition) is 2. The number of rotatable bonds is 12. The monoisotopic (exact) mass is 477 g/mol. The molecule has 0 unspecified atom stereocenters. The SMILES string of the molecule is CCCCCOc1ccc([C@H]2c3c(-c4ccccc4O)n[nH]c3C(=O)N2CCCOC(C)C)cc1. The molecule has 0 saturated heterocycles. The first-order valence-electron chi connectivity index (χ1n) is 12.5. The molecule has 0 aliphatic carbocycles. The minimum atomic E-state index is -0.320. The number of aromatic nitrogens is 2. The lowest BCUT2D eigenvalue weighted by Crippen LogP contribution is -2.31. The summed E-state index contributed by atoms with van der Waals surface area (Å²) in [6, 6.07) is 14.7. The molecule has 0 bridgehead atoms. The molecule has 7 nitrogen and oxygen atoms in total. The van der Waals surface area contributed by atoms with E-state index in [-0.39, 0.29) is 23.8 Å². The van der Waals surface area contributed by atoms with Gasteiger partial charge in [0.05, 0.1) is 18.8 Å². The number of aromatic hydroxyl groups is 1. The van der Waals surface area contributed by atoms with Crippen LogP contribution in [0.25, 0.3) is 11.3 Å². The topological polar surface area (TPSA) is 87.7 Å². The van der Waals surface area contributed by atoms with Crippen LogP contribution >= 0.6 is 0 Å². The van der Waals surface area contributed by atoms with Crippen molar-refractivity contribution in [3.05, 3.63) is 65.4 Å². The van der Waals surface area contributed by atoms with Crippen LogP contribution in [0.5, 0.6) is 11.5 Å². The molecule has 35 heavy (non-hydrogen) atoms. The normalized spacial score (nSPS) is 15.1. The van der Waals surface area contributed by atoms with Crippen LogP contribution < -0.4 is 4.74 Å². The van der Waals surface area contributed by atoms with Gasteiger partial charge in [-0.2, -0.15) is 5.10 Å². The molecule has 2 N–H and O–H groups in total. The standard InChI is InChI=1S/C28H35N3O4/c1-4-5-8-17-35-21-14-12-20(13-15-21)27-24-25(22-10-6-7-11-23(22)32)29-30-26(24)28(33)31(27)16-9-18-34-19(2)3/h6-7,10-15,19,27,32H,4-5,8-9,16-18H2,1-3H3,(H,29,30)/t27-/m0/s1. The lowest BCUT2D eigenvalue weighted by atomic mass is 9.95. The van der Waals surface area contributed by atoms with Gasteiger partial charge in [0.15, 0.2) is 0 Å². The quantitative estimate of drug-likeness (QED) is 0.326. The Hall–Kier alpha value is -3.32. The molecule has 1 aliphatic heterocycles. The number of para-hydroxylation sites is 1. The zero-order valence-electron chi connectivity index (χ0n) is 20.8. The maximum atomic E-state index is 13.4. The van der Waals surface area contributed by atoms with Gasteiger partial charge in [-0.15, -0.1) is 0 Å². The number of phenols is 1. The molecule has 1 aliphatic rings. The highest BCUT2D eigenvalue weighted by Crippen LogP contribution is 2.44. The number of phenolic OH excluding ortho intramolecular Hbond substituents is 1. The van der Waals surface area contributed by atoms with E-state index in [0.717, 1.165) is 42.6 Å². The van der Waals surface area contributed by atoms with E-state index < -0.39 is 0 Å². The number of amides is 1. The molecule has 1 aromatic heterocycles. The van der Waals surface area contributed by atoms with Crippen LogP contribution in [0.15, 0.2) is 48.5 Å². The zero-order valence-corrected chi connectivity index (χ0v) is 20.8. The number of aromatic amines is 1. The number of hydrogen-bond acceptors (Lipinski definition) is 5. The summed E-state index contributed by atoms with van der Waals surface area (Å²) in [6.45, 7) is 8.01. The van der Waals surface area contributed by atoms with E-state index in [2.05, 4.69) is 17.1 Å². The second-order valence-corrected chi connectivity index (χ2v) is 9.18. The number of carbonyl (C=O) groups excluding carboxylic acids is 1. The Morgan fingerprint density at radius 1 is 1.06 bits per heavy atom. The molecule has 0 spiro atoms. The molecule has 7 heteroatoms. The predicted octanol–water partition coefficient (Wildman–Crippen LogP) is 5.71. The average Bonchev–Trinajstić information content (AvgIpc) is 3.39. The Balaban J connectivity index is 1.64. The molecule has 0 fully saturated rings. The van der Waals surface area contributed by atoms with Crippen molar-refractivity contribution in [3.63, 3.8) is 0 Å². The summed E-state index contributed by atoms with van der Waals surface area (Å²) in [6.07, 6.45) is 4.21. The minimum Gasteiger partial charge on any atom is -0.507 e. The second-order valence-electron chi connectivity index (χ2n) is 9.18. The van der Waals surface area contributed by atoms with Crippen molar-refractivity contribution >= 4 is 5.91 Å². The molecule has 3 aromatic rings. The van der Waals surface area contributed by atoms with Crippen LogP contribution in [-0.2, 0) is 4.74 Å². The van der Waals surface area contributed by atoms with Crippen molar-refractivity contribution in [2.75, 3.05) is 19.8 Å². The van der Waals surface area contributed by atoms with Crippen LogP contribution in [-0.4, -0.2) is 52.0 Å². The number of ether oxygens (including phenoxy) is 2. The van der Waals surface area contributed by atoms with Gasteiger partial charge in [0.25, 0.3) is 5.91 Å². The first-order chi connectivity index (χ1) is 17.0. The van der Waals surface area contributed by atoms with Gasteiger partial charge < -0.3 is 19.5 Å². The number of benzene rings is 2. The summed E-state index contributed by atoms with van der Waals surface area (Å²) in [5, 5.41) is 17.9. The van der Waals surface area contributed by atoms with Gasteiger partial charge in [-0.05, 0) is 56.5 Å². The van der Waals surface area contributed by atoms with Crippen molar-refractivity contribution in [2.45, 2.75) is 58.6 Å². The Labute approximate surface area is 207 Å². The fraction of sp³-hybridized carbons (Fsp3) is 0.429. The zero-order chi connectivity index (χ0) is 24.8. The number of nitrogens with zero attached hydrogens (tertiary/aromatic N) is 2. The third-order valence-electron chi connectivity index (χ3n) is 6.23. The van der Waals surface area contributed by atoms with Crippen molar-refractivity contribution in [1.82, 2.24) is 15.1 Å². The summed E-state index contributed by atoms with van der Waals surface area (Å²) >= 11 is 0. The van der Waals surface area contributed by atoms with Crippen LogP contribution in [0, 0.1) is 0 Å². The van der Waals surface area contributed by atoms with Crippen molar-refractivity contribution in [2.24, 2.45) is 0 Å². The third-order valence-corrected chi connectivity index (χ3v) is 6.23. The average molecular weight is 478 g/mol.